The molecule has 0 aromatic heterocycles. The van der Waals surface area contributed by atoms with Gasteiger partial charge in [-0.1, -0.05) is 6.07 Å². The zero-order valence-electron chi connectivity index (χ0n) is 12.0. The number of morpholine rings is 1. The molecule has 1 aliphatic heterocycles. The maximum atomic E-state index is 12.7. The summed E-state index contributed by atoms with van der Waals surface area (Å²) in [4.78, 5) is 0.306. The molecule has 112 valence electrons. The first-order chi connectivity index (χ1) is 9.32. The Morgan fingerprint density at radius 2 is 1.85 bits per heavy atom. The Morgan fingerprint density at radius 1 is 1.25 bits per heavy atom. The second-order valence-electron chi connectivity index (χ2n) is 5.40. The van der Waals surface area contributed by atoms with Gasteiger partial charge < -0.3 is 9.84 Å². The largest absolute Gasteiger partial charge is 0.394 e. The molecule has 6 heteroatoms. The van der Waals surface area contributed by atoms with Crippen molar-refractivity contribution in [3.63, 3.8) is 0 Å². The van der Waals surface area contributed by atoms with Crippen LogP contribution in [0.15, 0.2) is 23.1 Å². The van der Waals surface area contributed by atoms with Gasteiger partial charge in [-0.15, -0.1) is 0 Å². The van der Waals surface area contributed by atoms with Crippen LogP contribution in [0, 0.1) is 13.8 Å². The Morgan fingerprint density at radius 3 is 2.40 bits per heavy atom. The summed E-state index contributed by atoms with van der Waals surface area (Å²) in [6, 6.07) is 5.30. The van der Waals surface area contributed by atoms with Gasteiger partial charge in [-0.25, -0.2) is 8.42 Å². The molecule has 0 saturated carbocycles. The van der Waals surface area contributed by atoms with E-state index >= 15 is 0 Å². The van der Waals surface area contributed by atoms with E-state index in [1.807, 2.05) is 26.8 Å². The van der Waals surface area contributed by atoms with Crippen molar-refractivity contribution in [2.45, 2.75) is 37.9 Å². The van der Waals surface area contributed by atoms with Gasteiger partial charge in [0.05, 0.1) is 23.7 Å². The fraction of sp³-hybridized carbons (Fsp3) is 0.571. The third-order valence-electron chi connectivity index (χ3n) is 3.33. The fourth-order valence-electron chi connectivity index (χ4n) is 2.53. The molecular formula is C14H21NO4S. The summed E-state index contributed by atoms with van der Waals surface area (Å²) >= 11 is 0. The van der Waals surface area contributed by atoms with Crippen molar-refractivity contribution < 1.29 is 18.3 Å². The first kappa shape index (κ1) is 15.4. The summed E-state index contributed by atoms with van der Waals surface area (Å²) in [5.41, 5.74) is 1.84. The smallest absolute Gasteiger partial charge is 0.243 e. The predicted molar refractivity (Wildman–Crippen MR) is 76.1 cm³/mol. The van der Waals surface area contributed by atoms with Gasteiger partial charge in [0.1, 0.15) is 0 Å². The van der Waals surface area contributed by atoms with Crippen molar-refractivity contribution in [2.24, 2.45) is 0 Å². The van der Waals surface area contributed by atoms with Crippen molar-refractivity contribution in [1.29, 1.82) is 0 Å². The fourth-order valence-corrected chi connectivity index (χ4v) is 4.27. The average Bonchev–Trinajstić information content (AvgIpc) is 2.36. The predicted octanol–water partition coefficient (Wildman–Crippen LogP) is 1.07. The highest BCUT2D eigenvalue weighted by molar-refractivity contribution is 7.89. The van der Waals surface area contributed by atoms with E-state index in [9.17, 15) is 13.5 Å². The molecule has 1 heterocycles. The Kier molecular flexibility index (Phi) is 4.49. The van der Waals surface area contributed by atoms with Crippen molar-refractivity contribution in [3.8, 4) is 0 Å². The maximum Gasteiger partial charge on any atom is 0.243 e. The van der Waals surface area contributed by atoms with Gasteiger partial charge in [0.2, 0.25) is 10.0 Å². The number of benzene rings is 1. The third kappa shape index (κ3) is 3.20. The molecule has 1 aromatic rings. The molecule has 0 radical (unpaired) electrons. The number of ether oxygens (including phenoxy) is 1. The minimum atomic E-state index is -3.54. The van der Waals surface area contributed by atoms with E-state index in [1.54, 1.807) is 12.1 Å². The van der Waals surface area contributed by atoms with Crippen LogP contribution < -0.4 is 0 Å². The van der Waals surface area contributed by atoms with Gasteiger partial charge in [0.25, 0.3) is 0 Å². The van der Waals surface area contributed by atoms with Crippen LogP contribution in [-0.2, 0) is 14.8 Å². The second-order valence-corrected chi connectivity index (χ2v) is 7.33. The molecule has 1 N–H and O–H groups in total. The van der Waals surface area contributed by atoms with Gasteiger partial charge in [-0.3, -0.25) is 0 Å². The number of aryl methyl sites for hydroxylation is 2. The van der Waals surface area contributed by atoms with Gasteiger partial charge in [0.15, 0.2) is 0 Å². The minimum absolute atomic E-state index is 0.177. The van der Waals surface area contributed by atoms with Crippen LogP contribution in [0.1, 0.15) is 18.1 Å². The number of sulfonamides is 1. The highest BCUT2D eigenvalue weighted by Crippen LogP contribution is 2.22. The van der Waals surface area contributed by atoms with Gasteiger partial charge in [-0.2, -0.15) is 4.31 Å². The number of hydrogen-bond donors (Lipinski definition) is 1. The van der Waals surface area contributed by atoms with Gasteiger partial charge in [0, 0.05) is 13.1 Å². The lowest BCUT2D eigenvalue weighted by Crippen LogP contribution is -2.50. The van der Waals surface area contributed by atoms with Crippen LogP contribution in [0.25, 0.3) is 0 Å². The molecule has 2 atom stereocenters. The number of aliphatic hydroxyl groups is 1. The van der Waals surface area contributed by atoms with Crippen molar-refractivity contribution in [2.75, 3.05) is 19.7 Å². The molecule has 0 amide bonds. The van der Waals surface area contributed by atoms with Crippen molar-refractivity contribution >= 4 is 10.0 Å². The first-order valence-electron chi connectivity index (χ1n) is 6.67. The molecule has 1 saturated heterocycles. The molecule has 0 aliphatic carbocycles. The summed E-state index contributed by atoms with van der Waals surface area (Å²) in [5, 5.41) is 9.20. The summed E-state index contributed by atoms with van der Waals surface area (Å²) in [5.74, 6) is 0. The molecule has 0 bridgehead atoms. The summed E-state index contributed by atoms with van der Waals surface area (Å²) < 4.78 is 32.3. The summed E-state index contributed by atoms with van der Waals surface area (Å²) in [6.07, 6.45) is -0.680. The molecule has 1 fully saturated rings. The summed E-state index contributed by atoms with van der Waals surface area (Å²) in [6.45, 7) is 5.89. The van der Waals surface area contributed by atoms with Gasteiger partial charge >= 0.3 is 0 Å². The standard InChI is InChI=1S/C14H21NO4S/c1-10-4-11(2)6-14(5-10)20(17,18)15-7-12(3)19-13(8-15)9-16/h4-6,12-13,16H,7-9H2,1-3H3. The lowest BCUT2D eigenvalue weighted by molar-refractivity contribution is -0.0750. The van der Waals surface area contributed by atoms with Crippen LogP contribution in [0.4, 0.5) is 0 Å². The number of nitrogens with zero attached hydrogens (tertiary/aromatic N) is 1. The Labute approximate surface area is 120 Å². The Hall–Kier alpha value is -0.950. The minimum Gasteiger partial charge on any atom is -0.394 e. The zero-order chi connectivity index (χ0) is 14.9. The summed E-state index contributed by atoms with van der Waals surface area (Å²) in [7, 11) is -3.54. The van der Waals surface area contributed by atoms with Crippen LogP contribution in [0.5, 0.6) is 0 Å². The monoisotopic (exact) mass is 299 g/mol. The zero-order valence-corrected chi connectivity index (χ0v) is 12.9. The first-order valence-corrected chi connectivity index (χ1v) is 8.11. The van der Waals surface area contributed by atoms with E-state index in [1.165, 1.54) is 4.31 Å². The maximum absolute atomic E-state index is 12.7. The van der Waals surface area contributed by atoms with Gasteiger partial charge in [-0.05, 0) is 44.0 Å². The molecule has 0 spiro atoms. The lowest BCUT2D eigenvalue weighted by Gasteiger charge is -2.35. The lowest BCUT2D eigenvalue weighted by atomic mass is 10.2. The highest BCUT2D eigenvalue weighted by Gasteiger charge is 2.33. The van der Waals surface area contributed by atoms with Crippen molar-refractivity contribution in [1.82, 2.24) is 4.31 Å². The van der Waals surface area contributed by atoms with Crippen LogP contribution in [0.3, 0.4) is 0 Å². The molecular weight excluding hydrogens is 278 g/mol. The van der Waals surface area contributed by atoms with E-state index in [0.717, 1.165) is 11.1 Å². The molecule has 5 nitrogen and oxygen atoms in total. The van der Waals surface area contributed by atoms with E-state index in [0.29, 0.717) is 11.4 Å². The van der Waals surface area contributed by atoms with Crippen LogP contribution >= 0.6 is 0 Å². The Bertz CT molecular complexity index is 565. The normalized spacial score (nSPS) is 24.8. The number of rotatable bonds is 3. The highest BCUT2D eigenvalue weighted by atomic mass is 32.2. The van der Waals surface area contributed by atoms with E-state index in [2.05, 4.69) is 0 Å². The molecule has 1 aromatic carbocycles. The molecule has 20 heavy (non-hydrogen) atoms. The van der Waals surface area contributed by atoms with Crippen LogP contribution in [-0.4, -0.2) is 49.7 Å². The molecule has 2 unspecified atom stereocenters. The van der Waals surface area contributed by atoms with E-state index < -0.39 is 16.1 Å². The topological polar surface area (TPSA) is 66.8 Å². The number of hydrogen-bond acceptors (Lipinski definition) is 4. The third-order valence-corrected chi connectivity index (χ3v) is 5.14. The van der Waals surface area contributed by atoms with E-state index in [-0.39, 0.29) is 19.3 Å². The molecule has 1 aliphatic rings. The second kappa shape index (κ2) is 5.81. The van der Waals surface area contributed by atoms with Crippen LogP contribution in [0.2, 0.25) is 0 Å². The SMILES string of the molecule is Cc1cc(C)cc(S(=O)(=O)N2CC(C)OC(CO)C2)c1. The van der Waals surface area contributed by atoms with Crippen molar-refractivity contribution in [3.05, 3.63) is 29.3 Å². The number of aliphatic hydroxyl groups excluding tert-OH is 1. The Balaban J connectivity index is 2.34. The molecule has 2 rings (SSSR count). The quantitative estimate of drug-likeness (QED) is 0.907. The van der Waals surface area contributed by atoms with E-state index in [4.69, 9.17) is 4.74 Å². The average molecular weight is 299 g/mol.